The van der Waals surface area contributed by atoms with Crippen LogP contribution in [-0.4, -0.2) is 41.0 Å². The van der Waals surface area contributed by atoms with Crippen LogP contribution in [0.4, 0.5) is 0 Å². The van der Waals surface area contributed by atoms with Gasteiger partial charge in [0, 0.05) is 26.0 Å². The number of thiocarbonyl (C=S) groups is 1. The molecule has 0 unspecified atom stereocenters. The number of carbonyl (C=O) groups excluding carboxylic acids is 1. The molecule has 0 fully saturated rings. The Morgan fingerprint density at radius 1 is 1.69 bits per heavy atom. The van der Waals surface area contributed by atoms with E-state index in [1.165, 1.54) is 0 Å². The average Bonchev–Trinajstić information content (AvgIpc) is 2.10. The second-order valence-corrected chi connectivity index (χ2v) is 3.15. The van der Waals surface area contributed by atoms with Crippen LogP contribution < -0.4 is 5.32 Å². The molecule has 1 aliphatic rings. The molecule has 0 saturated heterocycles. The zero-order valence-electron chi connectivity index (χ0n) is 7.78. The topological polar surface area (TPSA) is 35.6 Å². The van der Waals surface area contributed by atoms with Crippen LogP contribution in [0.1, 0.15) is 6.92 Å². The van der Waals surface area contributed by atoms with E-state index in [-0.39, 0.29) is 5.91 Å². The van der Waals surface area contributed by atoms with Gasteiger partial charge in [0.2, 0.25) is 5.91 Å². The molecule has 5 heteroatoms. The molecule has 0 spiro atoms. The molecule has 0 bridgehead atoms. The monoisotopic (exact) mass is 199 g/mol. The molecular weight excluding hydrogens is 186 g/mol. The predicted molar refractivity (Wildman–Crippen MR) is 54.9 cm³/mol. The fourth-order valence-electron chi connectivity index (χ4n) is 0.966. The standard InChI is InChI=1S/C8H13N3OS/c1-3-9-8(13)11-5-4-10(2)7(12)6-11/h4-5H,3,6H2,1-2H3,(H,9,13). The van der Waals surface area contributed by atoms with Crippen LogP contribution in [0.5, 0.6) is 0 Å². The molecule has 4 nitrogen and oxygen atoms in total. The van der Waals surface area contributed by atoms with Gasteiger partial charge in [0.15, 0.2) is 5.11 Å². The van der Waals surface area contributed by atoms with E-state index < -0.39 is 0 Å². The van der Waals surface area contributed by atoms with Gasteiger partial charge in [-0.05, 0) is 19.1 Å². The summed E-state index contributed by atoms with van der Waals surface area (Å²) in [5.41, 5.74) is 0. The largest absolute Gasteiger partial charge is 0.363 e. The fourth-order valence-corrected chi connectivity index (χ4v) is 1.24. The van der Waals surface area contributed by atoms with Crippen LogP contribution in [0, 0.1) is 0 Å². The molecule has 0 aromatic rings. The average molecular weight is 199 g/mol. The maximum atomic E-state index is 11.3. The summed E-state index contributed by atoms with van der Waals surface area (Å²) in [6.45, 7) is 3.06. The lowest BCUT2D eigenvalue weighted by molar-refractivity contribution is -0.128. The van der Waals surface area contributed by atoms with E-state index in [0.29, 0.717) is 11.7 Å². The fraction of sp³-hybridized carbons (Fsp3) is 0.500. The third kappa shape index (κ3) is 2.42. The van der Waals surface area contributed by atoms with Crippen LogP contribution in [0.2, 0.25) is 0 Å². The Morgan fingerprint density at radius 3 is 2.92 bits per heavy atom. The number of hydrogen-bond acceptors (Lipinski definition) is 2. The van der Waals surface area contributed by atoms with Crippen molar-refractivity contribution in [3.05, 3.63) is 12.4 Å². The summed E-state index contributed by atoms with van der Waals surface area (Å²) < 4.78 is 0. The second-order valence-electron chi connectivity index (χ2n) is 2.77. The van der Waals surface area contributed by atoms with Crippen LogP contribution in [0.25, 0.3) is 0 Å². The Bertz CT molecular complexity index is 252. The number of nitrogens with zero attached hydrogens (tertiary/aromatic N) is 2. The molecular formula is C8H13N3OS. The van der Waals surface area contributed by atoms with Crippen LogP contribution >= 0.6 is 12.2 Å². The van der Waals surface area contributed by atoms with Gasteiger partial charge in [0.25, 0.3) is 0 Å². The zero-order valence-corrected chi connectivity index (χ0v) is 8.60. The van der Waals surface area contributed by atoms with Gasteiger partial charge in [0.05, 0.1) is 0 Å². The van der Waals surface area contributed by atoms with E-state index in [1.54, 1.807) is 29.2 Å². The molecule has 72 valence electrons. The number of carbonyl (C=O) groups is 1. The van der Waals surface area contributed by atoms with Crippen molar-refractivity contribution >= 4 is 23.2 Å². The van der Waals surface area contributed by atoms with E-state index in [4.69, 9.17) is 12.2 Å². The molecule has 0 radical (unpaired) electrons. The molecule has 0 aromatic carbocycles. The lowest BCUT2D eigenvalue weighted by Crippen LogP contribution is -2.44. The lowest BCUT2D eigenvalue weighted by atomic mass is 10.4. The summed E-state index contributed by atoms with van der Waals surface area (Å²) in [6.07, 6.45) is 3.50. The van der Waals surface area contributed by atoms with Crippen molar-refractivity contribution in [2.45, 2.75) is 6.92 Å². The van der Waals surface area contributed by atoms with E-state index in [2.05, 4.69) is 5.32 Å². The number of amides is 1. The minimum Gasteiger partial charge on any atom is -0.363 e. The molecule has 1 amide bonds. The van der Waals surface area contributed by atoms with Crippen LogP contribution in [0.3, 0.4) is 0 Å². The summed E-state index contributed by atoms with van der Waals surface area (Å²) in [7, 11) is 1.73. The quantitative estimate of drug-likeness (QED) is 0.609. The minimum atomic E-state index is 0.0442. The molecule has 0 atom stereocenters. The summed E-state index contributed by atoms with van der Waals surface area (Å²) in [5, 5.41) is 3.58. The number of rotatable bonds is 1. The van der Waals surface area contributed by atoms with E-state index in [0.717, 1.165) is 6.54 Å². The number of likely N-dealkylation sites (N-methyl/N-ethyl adjacent to an activating group) is 1. The summed E-state index contributed by atoms with van der Waals surface area (Å²) in [6, 6.07) is 0. The third-order valence-electron chi connectivity index (χ3n) is 1.76. The van der Waals surface area contributed by atoms with Gasteiger partial charge in [-0.3, -0.25) is 4.79 Å². The first-order valence-electron chi connectivity index (χ1n) is 4.13. The van der Waals surface area contributed by atoms with Crippen molar-refractivity contribution in [3.8, 4) is 0 Å². The number of nitrogens with one attached hydrogen (secondary N) is 1. The van der Waals surface area contributed by atoms with E-state index >= 15 is 0 Å². The van der Waals surface area contributed by atoms with Crippen molar-refractivity contribution in [2.75, 3.05) is 20.1 Å². The summed E-state index contributed by atoms with van der Waals surface area (Å²) >= 11 is 5.06. The van der Waals surface area contributed by atoms with Gasteiger partial charge in [-0.1, -0.05) is 0 Å². The Morgan fingerprint density at radius 2 is 2.38 bits per heavy atom. The molecule has 1 rings (SSSR count). The van der Waals surface area contributed by atoms with Crippen molar-refractivity contribution in [1.29, 1.82) is 0 Å². The Kier molecular flexibility index (Phi) is 3.25. The van der Waals surface area contributed by atoms with Crippen LogP contribution in [0.15, 0.2) is 12.4 Å². The van der Waals surface area contributed by atoms with Crippen molar-refractivity contribution < 1.29 is 4.79 Å². The Labute approximate surface area is 83.2 Å². The third-order valence-corrected chi connectivity index (χ3v) is 2.14. The molecule has 1 heterocycles. The highest BCUT2D eigenvalue weighted by Crippen LogP contribution is 2.02. The SMILES string of the molecule is CCNC(=S)N1C=CN(C)C(=O)C1. The van der Waals surface area contributed by atoms with E-state index in [9.17, 15) is 4.79 Å². The summed E-state index contributed by atoms with van der Waals surface area (Å²) in [5.74, 6) is 0.0442. The Balaban J connectivity index is 2.59. The molecule has 0 saturated carbocycles. The zero-order chi connectivity index (χ0) is 9.84. The molecule has 0 aromatic heterocycles. The minimum absolute atomic E-state index is 0.0442. The highest BCUT2D eigenvalue weighted by atomic mass is 32.1. The first-order chi connectivity index (χ1) is 6.15. The molecule has 13 heavy (non-hydrogen) atoms. The van der Waals surface area contributed by atoms with Gasteiger partial charge in [-0.25, -0.2) is 0 Å². The predicted octanol–water partition coefficient (Wildman–Crippen LogP) is 0.126. The smallest absolute Gasteiger partial charge is 0.246 e. The van der Waals surface area contributed by atoms with Gasteiger partial charge < -0.3 is 15.1 Å². The summed E-state index contributed by atoms with van der Waals surface area (Å²) in [4.78, 5) is 14.5. The highest BCUT2D eigenvalue weighted by Gasteiger charge is 2.17. The first-order valence-corrected chi connectivity index (χ1v) is 4.54. The maximum absolute atomic E-state index is 11.3. The van der Waals surface area contributed by atoms with Crippen molar-refractivity contribution in [2.24, 2.45) is 0 Å². The maximum Gasteiger partial charge on any atom is 0.246 e. The first kappa shape index (κ1) is 9.98. The van der Waals surface area contributed by atoms with Gasteiger partial charge in [-0.15, -0.1) is 0 Å². The molecule has 0 aliphatic carbocycles. The number of hydrogen-bond donors (Lipinski definition) is 1. The van der Waals surface area contributed by atoms with Crippen LogP contribution in [-0.2, 0) is 4.79 Å². The van der Waals surface area contributed by atoms with Crippen molar-refractivity contribution in [1.82, 2.24) is 15.1 Å². The molecule has 1 N–H and O–H groups in total. The van der Waals surface area contributed by atoms with Gasteiger partial charge in [-0.2, -0.15) is 0 Å². The second kappa shape index (κ2) is 4.23. The van der Waals surface area contributed by atoms with Gasteiger partial charge >= 0.3 is 0 Å². The normalized spacial score (nSPS) is 16.3. The lowest BCUT2D eigenvalue weighted by Gasteiger charge is -2.27. The van der Waals surface area contributed by atoms with E-state index in [1.807, 2.05) is 6.92 Å². The highest BCUT2D eigenvalue weighted by molar-refractivity contribution is 7.80. The molecule has 1 aliphatic heterocycles. The van der Waals surface area contributed by atoms with Crippen molar-refractivity contribution in [3.63, 3.8) is 0 Å². The van der Waals surface area contributed by atoms with Gasteiger partial charge in [0.1, 0.15) is 6.54 Å². The Hall–Kier alpha value is -1.10.